The first kappa shape index (κ1) is 19.5. The second-order valence-corrected chi connectivity index (χ2v) is 8.43. The van der Waals surface area contributed by atoms with Gasteiger partial charge in [-0.05, 0) is 47.9 Å². The molecule has 2 aliphatic heterocycles. The van der Waals surface area contributed by atoms with Crippen LogP contribution in [0.15, 0.2) is 53.4 Å². The first-order chi connectivity index (χ1) is 14.0. The first-order valence-corrected chi connectivity index (χ1v) is 10.2. The number of hydrogen-bond donors (Lipinski definition) is 1. The van der Waals surface area contributed by atoms with Gasteiger partial charge in [0.25, 0.3) is 5.91 Å². The number of cyclic esters (lactones) is 1. The van der Waals surface area contributed by atoms with Gasteiger partial charge in [-0.1, -0.05) is 48.2 Å². The maximum Gasteiger partial charge on any atom is 0.409 e. The van der Waals surface area contributed by atoms with Crippen molar-refractivity contribution < 1.29 is 19.1 Å². The summed E-state index contributed by atoms with van der Waals surface area (Å²) in [5, 5.41) is 2.60. The van der Waals surface area contributed by atoms with E-state index in [9.17, 15) is 9.59 Å². The Morgan fingerprint density at radius 3 is 2.38 bits per heavy atom. The van der Waals surface area contributed by atoms with E-state index in [-0.39, 0.29) is 18.0 Å². The molecule has 2 saturated heterocycles. The summed E-state index contributed by atoms with van der Waals surface area (Å²) in [7, 11) is 1.75. The third kappa shape index (κ3) is 4.60. The molecule has 29 heavy (non-hydrogen) atoms. The lowest BCUT2D eigenvalue weighted by molar-refractivity contribution is -0.115. The van der Waals surface area contributed by atoms with Crippen LogP contribution in [0.4, 0.5) is 4.79 Å². The molecule has 2 aromatic rings. The van der Waals surface area contributed by atoms with Crippen molar-refractivity contribution in [2.75, 3.05) is 13.7 Å². The number of thioether (sulfide) groups is 1. The van der Waals surface area contributed by atoms with Gasteiger partial charge in [-0.15, -0.1) is 0 Å². The highest BCUT2D eigenvalue weighted by Crippen LogP contribution is 2.27. The van der Waals surface area contributed by atoms with Crippen molar-refractivity contribution in [2.45, 2.75) is 12.5 Å². The number of amides is 2. The van der Waals surface area contributed by atoms with Crippen LogP contribution in [-0.2, 0) is 16.0 Å². The Balaban J connectivity index is 1.37. The van der Waals surface area contributed by atoms with E-state index in [1.54, 1.807) is 18.0 Å². The minimum absolute atomic E-state index is 0.0606. The molecule has 2 aromatic carbocycles. The lowest BCUT2D eigenvalue weighted by atomic mass is 10.1. The maximum absolute atomic E-state index is 11.7. The SMILES string of the molecule is CN1C(=O)OCC1Cc1ccc(Oc2ccc(/C=C3/SC(=S)NC3=O)cc2)cc1. The van der Waals surface area contributed by atoms with Crippen molar-refractivity contribution >= 4 is 46.4 Å². The topological polar surface area (TPSA) is 67.9 Å². The molecule has 0 radical (unpaired) electrons. The molecule has 4 rings (SSSR count). The molecular weight excluding hydrogens is 408 g/mol. The van der Waals surface area contributed by atoms with Crippen LogP contribution in [-0.4, -0.2) is 40.9 Å². The van der Waals surface area contributed by atoms with Crippen LogP contribution in [0.5, 0.6) is 11.5 Å². The van der Waals surface area contributed by atoms with E-state index in [2.05, 4.69) is 5.32 Å². The van der Waals surface area contributed by atoms with E-state index >= 15 is 0 Å². The zero-order valence-electron chi connectivity index (χ0n) is 15.6. The second kappa shape index (κ2) is 8.26. The fourth-order valence-corrected chi connectivity index (χ4v) is 4.08. The Morgan fingerprint density at radius 1 is 1.17 bits per heavy atom. The van der Waals surface area contributed by atoms with Crippen molar-refractivity contribution in [3.8, 4) is 11.5 Å². The van der Waals surface area contributed by atoms with E-state index in [0.717, 1.165) is 23.3 Å². The molecule has 2 heterocycles. The summed E-state index contributed by atoms with van der Waals surface area (Å²) >= 11 is 6.25. The Labute approximate surface area is 177 Å². The summed E-state index contributed by atoms with van der Waals surface area (Å²) in [4.78, 5) is 25.4. The zero-order chi connectivity index (χ0) is 20.4. The van der Waals surface area contributed by atoms with E-state index < -0.39 is 0 Å². The van der Waals surface area contributed by atoms with Crippen molar-refractivity contribution in [2.24, 2.45) is 0 Å². The van der Waals surface area contributed by atoms with Gasteiger partial charge in [0.15, 0.2) is 0 Å². The Kier molecular flexibility index (Phi) is 5.55. The Bertz CT molecular complexity index is 987. The quantitative estimate of drug-likeness (QED) is 0.577. The van der Waals surface area contributed by atoms with Crippen LogP contribution in [0.25, 0.3) is 6.08 Å². The van der Waals surface area contributed by atoms with Gasteiger partial charge in [0.2, 0.25) is 0 Å². The van der Waals surface area contributed by atoms with Gasteiger partial charge in [-0.25, -0.2) is 4.79 Å². The van der Waals surface area contributed by atoms with Gasteiger partial charge < -0.3 is 19.7 Å². The highest BCUT2D eigenvalue weighted by Gasteiger charge is 2.29. The van der Waals surface area contributed by atoms with Crippen molar-refractivity contribution in [3.05, 3.63) is 64.6 Å². The largest absolute Gasteiger partial charge is 0.457 e. The molecule has 1 N–H and O–H groups in total. The predicted octanol–water partition coefficient (Wildman–Crippen LogP) is 3.96. The van der Waals surface area contributed by atoms with Crippen LogP contribution in [0.3, 0.4) is 0 Å². The summed E-state index contributed by atoms with van der Waals surface area (Å²) in [6, 6.07) is 15.3. The summed E-state index contributed by atoms with van der Waals surface area (Å²) < 4.78 is 11.4. The van der Waals surface area contributed by atoms with E-state index in [0.29, 0.717) is 21.6 Å². The molecule has 2 aliphatic rings. The van der Waals surface area contributed by atoms with Crippen molar-refractivity contribution in [1.29, 1.82) is 0 Å². The number of likely N-dealkylation sites (N-methyl/N-ethyl adjacent to an activating group) is 1. The molecule has 0 aromatic heterocycles. The van der Waals surface area contributed by atoms with Crippen LogP contribution in [0.1, 0.15) is 11.1 Å². The minimum atomic E-state index is -0.274. The van der Waals surface area contributed by atoms with Crippen LogP contribution >= 0.6 is 24.0 Å². The zero-order valence-corrected chi connectivity index (χ0v) is 17.2. The third-order valence-electron chi connectivity index (χ3n) is 4.69. The molecule has 1 atom stereocenters. The van der Waals surface area contributed by atoms with E-state index in [1.807, 2.05) is 48.5 Å². The third-order valence-corrected chi connectivity index (χ3v) is 5.85. The lowest BCUT2D eigenvalue weighted by Gasteiger charge is -2.16. The summed E-state index contributed by atoms with van der Waals surface area (Å²) in [6.07, 6.45) is 2.26. The number of ether oxygens (including phenoxy) is 2. The average molecular weight is 427 g/mol. The fraction of sp³-hybridized carbons (Fsp3) is 0.190. The smallest absolute Gasteiger partial charge is 0.409 e. The van der Waals surface area contributed by atoms with Gasteiger partial charge in [-0.2, -0.15) is 0 Å². The number of nitrogens with one attached hydrogen (secondary N) is 1. The molecule has 8 heteroatoms. The highest BCUT2D eigenvalue weighted by molar-refractivity contribution is 8.26. The normalized spacial score (nSPS) is 20.2. The summed E-state index contributed by atoms with van der Waals surface area (Å²) in [5.74, 6) is 1.26. The average Bonchev–Trinajstić information content (AvgIpc) is 3.19. The number of carbonyl (C=O) groups excluding carboxylic acids is 2. The van der Waals surface area contributed by atoms with Gasteiger partial charge >= 0.3 is 6.09 Å². The molecule has 2 fully saturated rings. The number of benzene rings is 2. The molecule has 0 bridgehead atoms. The first-order valence-electron chi connectivity index (χ1n) is 8.99. The van der Waals surface area contributed by atoms with Crippen molar-refractivity contribution in [1.82, 2.24) is 10.2 Å². The number of thiocarbonyl (C=S) groups is 1. The number of nitrogens with zero attached hydrogens (tertiary/aromatic N) is 1. The fourth-order valence-electron chi connectivity index (χ4n) is 3.03. The van der Waals surface area contributed by atoms with Gasteiger partial charge in [0.05, 0.1) is 10.9 Å². The maximum atomic E-state index is 11.7. The van der Waals surface area contributed by atoms with E-state index in [4.69, 9.17) is 21.7 Å². The molecule has 0 aliphatic carbocycles. The summed E-state index contributed by atoms with van der Waals surface area (Å²) in [5.41, 5.74) is 2.01. The lowest BCUT2D eigenvalue weighted by Crippen LogP contribution is -2.30. The van der Waals surface area contributed by atoms with E-state index in [1.165, 1.54) is 11.8 Å². The molecule has 2 amide bonds. The standard InChI is InChI=1S/C21H18N2O4S2/c1-23-15(12-26-21(23)25)10-13-2-6-16(7-3-13)27-17-8-4-14(5-9-17)11-18-19(24)22-20(28)29-18/h2-9,11,15H,10,12H2,1H3,(H,22,24,28)/b18-11+. The number of hydrogen-bond acceptors (Lipinski definition) is 6. The Hall–Kier alpha value is -2.84. The van der Waals surface area contributed by atoms with Gasteiger partial charge in [0.1, 0.15) is 22.4 Å². The minimum Gasteiger partial charge on any atom is -0.457 e. The number of rotatable bonds is 5. The Morgan fingerprint density at radius 2 is 1.83 bits per heavy atom. The molecule has 1 unspecified atom stereocenters. The van der Waals surface area contributed by atoms with Crippen molar-refractivity contribution in [3.63, 3.8) is 0 Å². The molecule has 6 nitrogen and oxygen atoms in total. The van der Waals surface area contributed by atoms with Crippen LogP contribution in [0, 0.1) is 0 Å². The summed E-state index contributed by atoms with van der Waals surface area (Å²) in [6.45, 7) is 0.419. The van der Waals surface area contributed by atoms with Crippen LogP contribution < -0.4 is 10.1 Å². The van der Waals surface area contributed by atoms with Crippen LogP contribution in [0.2, 0.25) is 0 Å². The molecule has 0 spiro atoms. The predicted molar refractivity (Wildman–Crippen MR) is 116 cm³/mol. The molecular formula is C21H18N2O4S2. The molecule has 0 saturated carbocycles. The monoisotopic (exact) mass is 426 g/mol. The number of carbonyl (C=O) groups is 2. The van der Waals surface area contributed by atoms with Gasteiger partial charge in [-0.3, -0.25) is 4.79 Å². The second-order valence-electron chi connectivity index (χ2n) is 6.71. The van der Waals surface area contributed by atoms with Gasteiger partial charge in [0, 0.05) is 7.05 Å². The molecule has 148 valence electrons. The highest BCUT2D eigenvalue weighted by atomic mass is 32.2.